The van der Waals surface area contributed by atoms with Gasteiger partial charge in [0, 0.05) is 25.7 Å². The Balaban J connectivity index is 1.67. The largest absolute Gasteiger partial charge is 0.489 e. The van der Waals surface area contributed by atoms with E-state index in [0.717, 1.165) is 39.8 Å². The van der Waals surface area contributed by atoms with E-state index in [4.69, 9.17) is 27.9 Å². The molecule has 1 saturated carbocycles. The van der Waals surface area contributed by atoms with Crippen molar-refractivity contribution in [2.75, 3.05) is 0 Å². The molecule has 1 heterocycles. The zero-order valence-corrected chi connectivity index (χ0v) is 17.0. The highest BCUT2D eigenvalue weighted by Crippen LogP contribution is 2.48. The number of fused-ring (bicyclic) bond motifs is 1. The number of ether oxygens (including phenoxy) is 1. The van der Waals surface area contributed by atoms with Gasteiger partial charge in [0.15, 0.2) is 0 Å². The van der Waals surface area contributed by atoms with Crippen molar-refractivity contribution >= 4 is 50.6 Å². The van der Waals surface area contributed by atoms with Crippen LogP contribution in [0.5, 0.6) is 5.75 Å². The molecular weight excluding hydrogens is 403 g/mol. The van der Waals surface area contributed by atoms with Crippen LogP contribution in [0, 0.1) is 0 Å². The Bertz CT molecular complexity index is 1020. The van der Waals surface area contributed by atoms with E-state index in [9.17, 15) is 9.90 Å². The highest BCUT2D eigenvalue weighted by molar-refractivity contribution is 7.17. The minimum atomic E-state index is -0.797. The van der Waals surface area contributed by atoms with Crippen molar-refractivity contribution in [1.29, 1.82) is 0 Å². The van der Waals surface area contributed by atoms with Crippen LogP contribution in [0.3, 0.4) is 0 Å². The number of rotatable bonds is 6. The molecule has 0 radical (unpaired) electrons. The molecule has 140 valence electrons. The van der Waals surface area contributed by atoms with Gasteiger partial charge in [-0.25, -0.2) is 0 Å². The molecule has 1 fully saturated rings. The molecule has 2 aromatic carbocycles. The van der Waals surface area contributed by atoms with Gasteiger partial charge in [-0.3, -0.25) is 4.79 Å². The monoisotopic (exact) mass is 420 g/mol. The van der Waals surface area contributed by atoms with Crippen LogP contribution in [0.4, 0.5) is 0 Å². The van der Waals surface area contributed by atoms with Gasteiger partial charge in [0.25, 0.3) is 0 Å². The average molecular weight is 421 g/mol. The van der Waals surface area contributed by atoms with Gasteiger partial charge in [-0.05, 0) is 66.5 Å². The van der Waals surface area contributed by atoms with Crippen LogP contribution in [-0.4, -0.2) is 11.1 Å². The molecule has 6 heteroatoms. The number of halogens is 2. The summed E-state index contributed by atoms with van der Waals surface area (Å²) in [5.41, 5.74) is 2.98. The summed E-state index contributed by atoms with van der Waals surface area (Å²) in [5.74, 6) is -0.0404. The highest BCUT2D eigenvalue weighted by atomic mass is 35.5. The van der Waals surface area contributed by atoms with Gasteiger partial charge in [0.05, 0.1) is 5.92 Å². The second-order valence-corrected chi connectivity index (χ2v) is 8.69. The van der Waals surface area contributed by atoms with Gasteiger partial charge < -0.3 is 9.84 Å². The second-order valence-electron chi connectivity index (χ2n) is 6.94. The lowest BCUT2D eigenvalue weighted by atomic mass is 9.95. The van der Waals surface area contributed by atoms with Crippen LogP contribution in [0.2, 0.25) is 10.0 Å². The van der Waals surface area contributed by atoms with E-state index in [1.54, 1.807) is 30.4 Å². The van der Waals surface area contributed by atoms with Crippen molar-refractivity contribution in [2.45, 2.75) is 38.2 Å². The predicted octanol–water partition coefficient (Wildman–Crippen LogP) is 6.85. The van der Waals surface area contributed by atoms with Crippen molar-refractivity contribution in [3.63, 3.8) is 0 Å². The number of hydrogen-bond acceptors (Lipinski definition) is 3. The highest BCUT2D eigenvalue weighted by Gasteiger charge is 2.29. The molecule has 1 atom stereocenters. The van der Waals surface area contributed by atoms with Crippen LogP contribution in [0.1, 0.15) is 48.3 Å². The van der Waals surface area contributed by atoms with Crippen LogP contribution >= 0.6 is 34.5 Å². The quantitative estimate of drug-likeness (QED) is 0.473. The molecule has 1 aliphatic carbocycles. The second kappa shape index (κ2) is 7.34. The number of carboxylic acids is 1. The Hall–Kier alpha value is -1.75. The molecule has 3 nitrogen and oxygen atoms in total. The summed E-state index contributed by atoms with van der Waals surface area (Å²) in [6.45, 7) is 2.10. The standard InChI is InChI=1S/C21H18Cl2O3S/c1-11(21(24)25)17-10-27-19-8-15(7-16(20(17)19)12-2-3-12)26-9-13-4-5-14(22)6-18(13)23/h4-8,10-12H,2-3,9H2,1H3,(H,24,25). The Kier molecular flexibility index (Phi) is 5.06. The Morgan fingerprint density at radius 3 is 2.74 bits per heavy atom. The van der Waals surface area contributed by atoms with Gasteiger partial charge in [-0.2, -0.15) is 0 Å². The van der Waals surface area contributed by atoms with Crippen LogP contribution in [-0.2, 0) is 11.4 Å². The zero-order valence-electron chi connectivity index (χ0n) is 14.7. The minimum Gasteiger partial charge on any atom is -0.489 e. The lowest BCUT2D eigenvalue weighted by Crippen LogP contribution is -2.07. The van der Waals surface area contributed by atoms with E-state index in [-0.39, 0.29) is 0 Å². The number of benzene rings is 2. The molecule has 1 unspecified atom stereocenters. The molecule has 0 spiro atoms. The van der Waals surface area contributed by atoms with Crippen molar-refractivity contribution in [1.82, 2.24) is 0 Å². The summed E-state index contributed by atoms with van der Waals surface area (Å²) >= 11 is 13.8. The third-order valence-corrected chi connectivity index (χ3v) is 6.51. The lowest BCUT2D eigenvalue weighted by molar-refractivity contribution is -0.138. The van der Waals surface area contributed by atoms with E-state index in [1.165, 1.54) is 5.56 Å². The smallest absolute Gasteiger partial charge is 0.310 e. The summed E-state index contributed by atoms with van der Waals surface area (Å²) in [4.78, 5) is 11.5. The Labute approximate surface area is 171 Å². The van der Waals surface area contributed by atoms with Crippen LogP contribution in [0.25, 0.3) is 10.1 Å². The van der Waals surface area contributed by atoms with Crippen LogP contribution in [0.15, 0.2) is 35.7 Å². The fourth-order valence-corrected chi connectivity index (χ4v) is 4.83. The fourth-order valence-electron chi connectivity index (χ4n) is 3.25. The molecule has 1 aromatic heterocycles. The molecule has 0 saturated heterocycles. The third kappa shape index (κ3) is 3.79. The number of carbonyl (C=O) groups is 1. The number of thiophene rings is 1. The predicted molar refractivity (Wildman–Crippen MR) is 111 cm³/mol. The van der Waals surface area contributed by atoms with E-state index < -0.39 is 11.9 Å². The van der Waals surface area contributed by atoms with E-state index in [1.807, 2.05) is 17.5 Å². The Morgan fingerprint density at radius 1 is 1.30 bits per heavy atom. The molecule has 0 bridgehead atoms. The van der Waals surface area contributed by atoms with Gasteiger partial charge in [-0.15, -0.1) is 11.3 Å². The normalized spacial score (nSPS) is 15.1. The maximum Gasteiger partial charge on any atom is 0.310 e. The van der Waals surface area contributed by atoms with Crippen LogP contribution < -0.4 is 4.74 Å². The van der Waals surface area contributed by atoms with Gasteiger partial charge in [0.1, 0.15) is 12.4 Å². The lowest BCUT2D eigenvalue weighted by Gasteiger charge is -2.13. The van der Waals surface area contributed by atoms with E-state index >= 15 is 0 Å². The van der Waals surface area contributed by atoms with E-state index in [0.29, 0.717) is 22.6 Å². The van der Waals surface area contributed by atoms with Crippen molar-refractivity contribution < 1.29 is 14.6 Å². The third-order valence-electron chi connectivity index (χ3n) is 4.97. The first-order valence-electron chi connectivity index (χ1n) is 8.78. The number of aliphatic carboxylic acids is 1. The maximum atomic E-state index is 11.5. The van der Waals surface area contributed by atoms with Gasteiger partial charge >= 0.3 is 5.97 Å². The average Bonchev–Trinajstić information content (AvgIpc) is 3.39. The number of carboxylic acid groups (broad SMARTS) is 1. The first-order chi connectivity index (χ1) is 12.9. The molecule has 3 aromatic rings. The topological polar surface area (TPSA) is 46.5 Å². The minimum absolute atomic E-state index is 0.357. The Morgan fingerprint density at radius 2 is 2.07 bits per heavy atom. The molecule has 0 amide bonds. The summed E-state index contributed by atoms with van der Waals surface area (Å²) < 4.78 is 7.09. The first-order valence-corrected chi connectivity index (χ1v) is 10.4. The molecular formula is C21H18Cl2O3S. The van der Waals surface area contributed by atoms with Gasteiger partial charge in [0.2, 0.25) is 0 Å². The molecule has 4 rings (SSSR count). The van der Waals surface area contributed by atoms with E-state index in [2.05, 4.69) is 6.07 Å². The summed E-state index contributed by atoms with van der Waals surface area (Å²) in [6, 6.07) is 9.43. The fraction of sp³-hybridized carbons (Fsp3) is 0.286. The first kappa shape index (κ1) is 18.6. The van der Waals surface area contributed by atoms with Gasteiger partial charge in [-0.1, -0.05) is 29.3 Å². The summed E-state index contributed by atoms with van der Waals surface area (Å²) in [7, 11) is 0. The molecule has 0 aliphatic heterocycles. The zero-order chi connectivity index (χ0) is 19.1. The number of hydrogen-bond donors (Lipinski definition) is 1. The van der Waals surface area contributed by atoms with Crippen molar-refractivity contribution in [2.24, 2.45) is 0 Å². The SMILES string of the molecule is CC(C(=O)O)c1csc2cc(OCc3ccc(Cl)cc3Cl)cc(C3CC3)c12. The molecule has 1 N–H and O–H groups in total. The maximum absolute atomic E-state index is 11.5. The van der Waals surface area contributed by atoms with Crippen molar-refractivity contribution in [3.05, 3.63) is 62.4 Å². The molecule has 27 heavy (non-hydrogen) atoms. The summed E-state index contributed by atoms with van der Waals surface area (Å²) in [5, 5.41) is 13.7. The summed E-state index contributed by atoms with van der Waals surface area (Å²) in [6.07, 6.45) is 2.27. The molecule has 1 aliphatic rings. The van der Waals surface area contributed by atoms with Crippen molar-refractivity contribution in [3.8, 4) is 5.75 Å².